The first-order valence-electron chi connectivity index (χ1n) is 15.3. The number of benzene rings is 3. The molecule has 5 nitrogen and oxygen atoms in total. The highest BCUT2D eigenvalue weighted by molar-refractivity contribution is 6.99. The molecule has 0 amide bonds. The predicted molar refractivity (Wildman–Crippen MR) is 188 cm³/mol. The van der Waals surface area contributed by atoms with Gasteiger partial charge in [0.1, 0.15) is 6.61 Å². The fourth-order valence-corrected chi connectivity index (χ4v) is 10.1. The Kier molecular flexibility index (Phi) is 13.2. The molecule has 3 rings (SSSR count). The van der Waals surface area contributed by atoms with Crippen molar-refractivity contribution in [1.29, 1.82) is 0 Å². The van der Waals surface area contributed by atoms with Crippen LogP contribution in [0, 0.1) is 0 Å². The molecule has 1 unspecified atom stereocenters. The lowest BCUT2D eigenvalue weighted by Gasteiger charge is -2.43. The zero-order chi connectivity index (χ0) is 33.4. The van der Waals surface area contributed by atoms with Crippen LogP contribution in [0.1, 0.15) is 73.0 Å². The molecule has 1 atom stereocenters. The van der Waals surface area contributed by atoms with Gasteiger partial charge in [-0.1, -0.05) is 147 Å². The third kappa shape index (κ3) is 11.1. The Morgan fingerprint density at radius 1 is 0.689 bits per heavy atom. The molecule has 246 valence electrons. The van der Waals surface area contributed by atoms with Gasteiger partial charge in [-0.25, -0.2) is 4.79 Å². The van der Waals surface area contributed by atoms with Gasteiger partial charge in [0.05, 0.1) is 17.8 Å². The summed E-state index contributed by atoms with van der Waals surface area (Å²) in [6, 6.07) is 30.4. The molecule has 9 heteroatoms. The first kappa shape index (κ1) is 37.6. The summed E-state index contributed by atoms with van der Waals surface area (Å²) in [6.07, 6.45) is 0.253. The highest BCUT2D eigenvalue weighted by atomic mass is 35.6. The van der Waals surface area contributed by atoms with Crippen LogP contribution in [0.25, 0.3) is 0 Å². The van der Waals surface area contributed by atoms with Gasteiger partial charge in [-0.2, -0.15) is 0 Å². The van der Waals surface area contributed by atoms with Crippen LogP contribution >= 0.6 is 34.8 Å². The average Bonchev–Trinajstić information content (AvgIpc) is 2.97. The summed E-state index contributed by atoms with van der Waals surface area (Å²) in [5, 5.41) is 2.40. The molecule has 45 heavy (non-hydrogen) atoms. The molecule has 0 aliphatic carbocycles. The van der Waals surface area contributed by atoms with E-state index in [-0.39, 0.29) is 11.6 Å². The number of halogens is 3. The minimum absolute atomic E-state index is 0.0999. The van der Waals surface area contributed by atoms with Crippen LogP contribution in [-0.2, 0) is 23.4 Å². The van der Waals surface area contributed by atoms with Gasteiger partial charge >= 0.3 is 5.97 Å². The zero-order valence-electron chi connectivity index (χ0n) is 27.4. The fourth-order valence-electron chi connectivity index (χ4n) is 5.34. The number of ether oxygens (including phenoxy) is 3. The van der Waals surface area contributed by atoms with Crippen molar-refractivity contribution >= 4 is 59.5 Å². The van der Waals surface area contributed by atoms with Crippen molar-refractivity contribution in [3.63, 3.8) is 0 Å². The van der Waals surface area contributed by atoms with Gasteiger partial charge in [-0.3, -0.25) is 0 Å². The number of hydrogen-bond donors (Lipinski definition) is 0. The highest BCUT2D eigenvalue weighted by Crippen LogP contribution is 2.37. The molecule has 0 aromatic heterocycles. The number of alkyl halides is 3. The summed E-state index contributed by atoms with van der Waals surface area (Å²) in [5.41, 5.74) is -0.522. The molecule has 0 heterocycles. The number of carbonyl (C=O) groups is 1. The monoisotopic (exact) mass is 692 g/mol. The smallest absolute Gasteiger partial charge is 0.340 e. The van der Waals surface area contributed by atoms with Gasteiger partial charge in [-0.15, -0.1) is 0 Å². The van der Waals surface area contributed by atoms with E-state index < -0.39 is 35.4 Å². The lowest BCUT2D eigenvalue weighted by molar-refractivity contribution is -0.171. The molecule has 0 bridgehead atoms. The van der Waals surface area contributed by atoms with E-state index in [0.717, 1.165) is 0 Å². The Morgan fingerprint density at radius 2 is 1.16 bits per heavy atom. The number of rotatable bonds is 15. The van der Waals surface area contributed by atoms with E-state index in [1.807, 2.05) is 56.3 Å². The third-order valence-electron chi connectivity index (χ3n) is 7.77. The summed E-state index contributed by atoms with van der Waals surface area (Å²) in [4.78, 5) is 13.0. The van der Waals surface area contributed by atoms with Crippen molar-refractivity contribution in [2.75, 3.05) is 19.8 Å². The minimum Gasteiger partial charge on any atom is -0.459 e. The Labute approximate surface area is 285 Å². The lowest BCUT2D eigenvalue weighted by atomic mass is 10.0. The van der Waals surface area contributed by atoms with Gasteiger partial charge in [0.25, 0.3) is 8.32 Å². The van der Waals surface area contributed by atoms with Crippen LogP contribution in [0.2, 0.25) is 5.04 Å². The first-order chi connectivity index (χ1) is 21.0. The molecule has 0 saturated carbocycles. The van der Waals surface area contributed by atoms with Crippen LogP contribution in [0.5, 0.6) is 0 Å². The Hall–Kier alpha value is -1.90. The van der Waals surface area contributed by atoms with E-state index in [9.17, 15) is 4.79 Å². The summed E-state index contributed by atoms with van der Waals surface area (Å²) in [6.45, 7) is 15.4. The Bertz CT molecular complexity index is 1280. The summed E-state index contributed by atoms with van der Waals surface area (Å²) >= 11 is 17.4. The molecule has 0 aliphatic rings. The summed E-state index contributed by atoms with van der Waals surface area (Å²) in [7, 11) is -2.63. The molecule has 0 N–H and O–H groups in total. The van der Waals surface area contributed by atoms with E-state index in [4.69, 9.17) is 53.4 Å². The van der Waals surface area contributed by atoms with Crippen molar-refractivity contribution < 1.29 is 23.4 Å². The zero-order valence-corrected chi connectivity index (χ0v) is 30.7. The Morgan fingerprint density at radius 3 is 1.62 bits per heavy atom. The normalized spacial score (nSPS) is 13.8. The topological polar surface area (TPSA) is 54.0 Å². The Balaban J connectivity index is 1.66. The molecule has 0 saturated heterocycles. The number of carbonyl (C=O) groups excluding carboxylic acids is 1. The minimum atomic E-state index is -2.63. The fraction of sp³-hybridized carbons (Fsp3) is 0.472. The molecule has 0 aliphatic heterocycles. The summed E-state index contributed by atoms with van der Waals surface area (Å²) < 4.78 is 23.4. The van der Waals surface area contributed by atoms with E-state index in [1.165, 1.54) is 10.4 Å². The quantitative estimate of drug-likeness (QED) is 0.0907. The van der Waals surface area contributed by atoms with Crippen LogP contribution in [0.15, 0.2) is 91.0 Å². The first-order valence-corrected chi connectivity index (χ1v) is 18.4. The molecule has 3 aromatic carbocycles. The van der Waals surface area contributed by atoms with E-state index in [0.29, 0.717) is 31.6 Å². The van der Waals surface area contributed by atoms with E-state index >= 15 is 0 Å². The van der Waals surface area contributed by atoms with E-state index in [1.54, 1.807) is 0 Å². The second-order valence-corrected chi connectivity index (χ2v) is 20.3. The van der Waals surface area contributed by atoms with Gasteiger partial charge in [-0.05, 0) is 61.5 Å². The number of hydrogen-bond acceptors (Lipinski definition) is 5. The molecule has 0 spiro atoms. The second-order valence-electron chi connectivity index (χ2n) is 13.5. The predicted octanol–water partition coefficient (Wildman–Crippen LogP) is 8.59. The summed E-state index contributed by atoms with van der Waals surface area (Å²) in [5.74, 6) is -0.623. The second kappa shape index (κ2) is 15.8. The number of esters is 1. The van der Waals surface area contributed by atoms with Gasteiger partial charge in [0.2, 0.25) is 3.79 Å². The van der Waals surface area contributed by atoms with Crippen molar-refractivity contribution in [2.24, 2.45) is 0 Å². The largest absolute Gasteiger partial charge is 0.459 e. The van der Waals surface area contributed by atoms with Gasteiger partial charge in [0, 0.05) is 6.61 Å². The maximum Gasteiger partial charge on any atom is 0.340 e. The molecule has 0 radical (unpaired) electrons. The molecule has 3 aromatic rings. The van der Waals surface area contributed by atoms with Crippen LogP contribution in [-0.4, -0.2) is 49.1 Å². The van der Waals surface area contributed by atoms with Crippen LogP contribution in [0.4, 0.5) is 0 Å². The van der Waals surface area contributed by atoms with Gasteiger partial charge < -0.3 is 18.6 Å². The molecule has 0 fully saturated rings. The van der Waals surface area contributed by atoms with Gasteiger partial charge in [0.15, 0.2) is 6.10 Å². The van der Waals surface area contributed by atoms with Crippen LogP contribution < -0.4 is 10.4 Å². The van der Waals surface area contributed by atoms with Crippen molar-refractivity contribution in [3.8, 4) is 0 Å². The van der Waals surface area contributed by atoms with Crippen LogP contribution in [0.3, 0.4) is 0 Å². The SMILES string of the molecule is CC(C)(CCO[Si](c1ccccc1)(c1ccccc1)C(C)(C)C)OCCC(C)(C)OC(C(=O)OCC(Cl)(Cl)Cl)c1ccccc1. The standard InChI is InChI=1S/C36H47Cl3O5Si/c1-33(2,3)45(29-19-13-9-14-20-29,30-21-15-10-16-22-30)43-26-24-34(4,5)42-25-23-35(6,7)44-31(28-17-11-8-12-18-28)32(40)41-27-36(37,38)39/h8-22,31H,23-27H2,1-7H3. The maximum absolute atomic E-state index is 13.0. The lowest BCUT2D eigenvalue weighted by Crippen LogP contribution is -2.66. The van der Waals surface area contributed by atoms with E-state index in [2.05, 4.69) is 83.1 Å². The molecular weight excluding hydrogens is 647 g/mol. The average molecular weight is 694 g/mol. The maximum atomic E-state index is 13.0. The van der Waals surface area contributed by atoms with Crippen molar-refractivity contribution in [3.05, 3.63) is 96.6 Å². The van der Waals surface area contributed by atoms with Crippen molar-refractivity contribution in [1.82, 2.24) is 0 Å². The molecular formula is C36H47Cl3O5Si. The van der Waals surface area contributed by atoms with Crippen molar-refractivity contribution in [2.45, 2.75) is 87.4 Å². The third-order valence-corrected chi connectivity index (χ3v) is 13.1. The highest BCUT2D eigenvalue weighted by Gasteiger charge is 2.50.